The second-order valence-electron chi connectivity index (χ2n) is 4.74. The molecule has 0 saturated carbocycles. The summed E-state index contributed by atoms with van der Waals surface area (Å²) < 4.78 is 0. The van der Waals surface area contributed by atoms with Crippen molar-refractivity contribution in [2.45, 2.75) is 26.3 Å². The van der Waals surface area contributed by atoms with Crippen LogP contribution in [-0.2, 0) is 0 Å². The molecule has 0 aliphatic rings. The number of nitrogens with one attached hydrogen (secondary N) is 1. The lowest BCUT2D eigenvalue weighted by atomic mass is 9.99. The van der Waals surface area contributed by atoms with Crippen LogP contribution in [-0.4, -0.2) is 11.5 Å². The molecule has 0 aliphatic heterocycles. The molecule has 0 amide bonds. The predicted octanol–water partition coefficient (Wildman–Crippen LogP) is 4.13. The van der Waals surface area contributed by atoms with E-state index in [2.05, 4.69) is 36.3 Å². The van der Waals surface area contributed by atoms with Crippen LogP contribution < -0.4 is 5.32 Å². The van der Waals surface area contributed by atoms with Crippen LogP contribution in [0.1, 0.15) is 36.1 Å². The maximum absolute atomic E-state index is 6.10. The number of hydrogen-bond donors (Lipinski definition) is 1. The highest BCUT2D eigenvalue weighted by atomic mass is 35.5. The van der Waals surface area contributed by atoms with Crippen molar-refractivity contribution in [2.75, 3.05) is 6.54 Å². The van der Waals surface area contributed by atoms with E-state index < -0.39 is 0 Å². The smallest absolute Gasteiger partial charge is 0.0592 e. The van der Waals surface area contributed by atoms with Gasteiger partial charge in [-0.25, -0.2) is 0 Å². The van der Waals surface area contributed by atoms with Gasteiger partial charge in [-0.1, -0.05) is 36.7 Å². The van der Waals surface area contributed by atoms with Crippen LogP contribution in [0.25, 0.3) is 0 Å². The molecule has 0 spiro atoms. The molecule has 1 aromatic heterocycles. The number of hydrogen-bond acceptors (Lipinski definition) is 2. The minimum atomic E-state index is 0.144. The zero-order chi connectivity index (χ0) is 13.7. The molecular formula is C16H19ClN2. The average Bonchev–Trinajstić information content (AvgIpc) is 2.39. The first-order chi connectivity index (χ1) is 9.20. The summed E-state index contributed by atoms with van der Waals surface area (Å²) in [6.07, 6.45) is 4.88. The largest absolute Gasteiger partial charge is 0.306 e. The molecule has 1 atom stereocenters. The van der Waals surface area contributed by atoms with E-state index in [4.69, 9.17) is 11.6 Å². The van der Waals surface area contributed by atoms with E-state index in [9.17, 15) is 0 Å². The van der Waals surface area contributed by atoms with Crippen molar-refractivity contribution in [3.8, 4) is 0 Å². The molecule has 1 unspecified atom stereocenters. The van der Waals surface area contributed by atoms with Gasteiger partial charge in [0.25, 0.3) is 0 Å². The highest BCUT2D eigenvalue weighted by Crippen LogP contribution is 2.24. The lowest BCUT2D eigenvalue weighted by Gasteiger charge is -2.20. The minimum Gasteiger partial charge on any atom is -0.306 e. The third-order valence-electron chi connectivity index (χ3n) is 3.01. The molecule has 2 nitrogen and oxygen atoms in total. The summed E-state index contributed by atoms with van der Waals surface area (Å²) >= 11 is 6.10. The standard InChI is InChI=1S/C16H19ClN2/c1-3-7-19-16(13-5-4-6-15(17)9-13)14-8-12(2)10-18-11-14/h4-6,8-11,16,19H,3,7H2,1-2H3. The van der Waals surface area contributed by atoms with Crippen LogP contribution in [0.15, 0.2) is 42.7 Å². The fraction of sp³-hybridized carbons (Fsp3) is 0.312. The molecule has 1 aromatic carbocycles. The van der Waals surface area contributed by atoms with Crippen LogP contribution in [0.2, 0.25) is 5.02 Å². The van der Waals surface area contributed by atoms with Crippen LogP contribution in [0, 0.1) is 6.92 Å². The summed E-state index contributed by atoms with van der Waals surface area (Å²) in [6, 6.07) is 10.3. The highest BCUT2D eigenvalue weighted by Gasteiger charge is 2.14. The van der Waals surface area contributed by atoms with Gasteiger partial charge in [-0.15, -0.1) is 0 Å². The summed E-state index contributed by atoms with van der Waals surface area (Å²) in [5.41, 5.74) is 3.52. The summed E-state index contributed by atoms with van der Waals surface area (Å²) in [7, 11) is 0. The van der Waals surface area contributed by atoms with Gasteiger partial charge in [0.1, 0.15) is 0 Å². The van der Waals surface area contributed by atoms with Gasteiger partial charge in [0.2, 0.25) is 0 Å². The number of nitrogens with zero attached hydrogens (tertiary/aromatic N) is 1. The second kappa shape index (κ2) is 6.69. The van der Waals surface area contributed by atoms with Gasteiger partial charge in [-0.05, 0) is 48.7 Å². The number of pyridine rings is 1. The van der Waals surface area contributed by atoms with Gasteiger partial charge in [-0.2, -0.15) is 0 Å². The molecule has 100 valence electrons. The average molecular weight is 275 g/mol. The quantitative estimate of drug-likeness (QED) is 0.887. The molecule has 19 heavy (non-hydrogen) atoms. The molecule has 2 rings (SSSR count). The van der Waals surface area contributed by atoms with Crippen molar-refractivity contribution in [3.05, 3.63) is 64.4 Å². The van der Waals surface area contributed by atoms with Crippen LogP contribution in [0.3, 0.4) is 0 Å². The topological polar surface area (TPSA) is 24.9 Å². The molecule has 0 saturated heterocycles. The Morgan fingerprint density at radius 1 is 1.21 bits per heavy atom. The zero-order valence-electron chi connectivity index (χ0n) is 11.4. The van der Waals surface area contributed by atoms with Gasteiger partial charge in [0.05, 0.1) is 6.04 Å². The molecule has 1 N–H and O–H groups in total. The highest BCUT2D eigenvalue weighted by molar-refractivity contribution is 6.30. The van der Waals surface area contributed by atoms with E-state index in [0.29, 0.717) is 0 Å². The van der Waals surface area contributed by atoms with Gasteiger partial charge in [0, 0.05) is 17.4 Å². The summed E-state index contributed by atoms with van der Waals surface area (Å²) in [5.74, 6) is 0. The lowest BCUT2D eigenvalue weighted by Crippen LogP contribution is -2.23. The Morgan fingerprint density at radius 3 is 2.74 bits per heavy atom. The third-order valence-corrected chi connectivity index (χ3v) is 3.25. The molecule has 3 heteroatoms. The second-order valence-corrected chi connectivity index (χ2v) is 5.17. The van der Waals surface area contributed by atoms with E-state index in [1.54, 1.807) is 0 Å². The van der Waals surface area contributed by atoms with E-state index in [1.165, 1.54) is 16.7 Å². The molecule has 0 aliphatic carbocycles. The van der Waals surface area contributed by atoms with E-state index in [1.807, 2.05) is 30.6 Å². The van der Waals surface area contributed by atoms with Gasteiger partial charge in [0.15, 0.2) is 0 Å². The molecule has 0 radical (unpaired) electrons. The fourth-order valence-electron chi connectivity index (χ4n) is 2.14. The Balaban J connectivity index is 2.35. The third kappa shape index (κ3) is 3.79. The van der Waals surface area contributed by atoms with Gasteiger partial charge in [-0.3, -0.25) is 4.98 Å². The first kappa shape index (κ1) is 14.0. The maximum Gasteiger partial charge on any atom is 0.0592 e. The lowest BCUT2D eigenvalue weighted by molar-refractivity contribution is 0.596. The van der Waals surface area contributed by atoms with E-state index >= 15 is 0 Å². The van der Waals surface area contributed by atoms with Crippen molar-refractivity contribution < 1.29 is 0 Å². The van der Waals surface area contributed by atoms with Gasteiger partial charge >= 0.3 is 0 Å². The Hall–Kier alpha value is -1.38. The minimum absolute atomic E-state index is 0.144. The Labute approximate surface area is 119 Å². The number of aromatic nitrogens is 1. The van der Waals surface area contributed by atoms with Crippen LogP contribution in [0.5, 0.6) is 0 Å². The summed E-state index contributed by atoms with van der Waals surface area (Å²) in [6.45, 7) is 5.19. The fourth-order valence-corrected chi connectivity index (χ4v) is 2.34. The maximum atomic E-state index is 6.10. The normalized spacial score (nSPS) is 12.4. The first-order valence-electron chi connectivity index (χ1n) is 6.61. The number of benzene rings is 1. The number of halogens is 1. The first-order valence-corrected chi connectivity index (χ1v) is 6.99. The summed E-state index contributed by atoms with van der Waals surface area (Å²) in [4.78, 5) is 4.29. The Bertz CT molecular complexity index is 494. The number of aryl methyl sites for hydroxylation is 1. The van der Waals surface area contributed by atoms with Crippen molar-refractivity contribution in [3.63, 3.8) is 0 Å². The Morgan fingerprint density at radius 2 is 2.05 bits per heavy atom. The van der Waals surface area contributed by atoms with E-state index in [-0.39, 0.29) is 6.04 Å². The Kier molecular flexibility index (Phi) is 4.94. The zero-order valence-corrected chi connectivity index (χ0v) is 12.1. The van der Waals surface area contributed by atoms with Crippen molar-refractivity contribution in [1.82, 2.24) is 10.3 Å². The van der Waals surface area contributed by atoms with Crippen LogP contribution in [0.4, 0.5) is 0 Å². The van der Waals surface area contributed by atoms with Crippen molar-refractivity contribution >= 4 is 11.6 Å². The monoisotopic (exact) mass is 274 g/mol. The SMILES string of the molecule is CCCNC(c1cncc(C)c1)c1cccc(Cl)c1. The molecule has 0 fully saturated rings. The molecule has 2 aromatic rings. The van der Waals surface area contributed by atoms with Crippen molar-refractivity contribution in [2.24, 2.45) is 0 Å². The van der Waals surface area contributed by atoms with Gasteiger partial charge < -0.3 is 5.32 Å². The molecule has 1 heterocycles. The van der Waals surface area contributed by atoms with E-state index in [0.717, 1.165) is 18.0 Å². The molecule has 0 bridgehead atoms. The van der Waals surface area contributed by atoms with Crippen molar-refractivity contribution in [1.29, 1.82) is 0 Å². The molecular weight excluding hydrogens is 256 g/mol. The summed E-state index contributed by atoms with van der Waals surface area (Å²) in [5, 5.41) is 4.32. The number of rotatable bonds is 5. The van der Waals surface area contributed by atoms with Crippen LogP contribution >= 0.6 is 11.6 Å². The predicted molar refractivity (Wildman–Crippen MR) is 80.6 cm³/mol.